The summed E-state index contributed by atoms with van der Waals surface area (Å²) in [7, 11) is 1.41. The monoisotopic (exact) mass is 404 g/mol. The lowest BCUT2D eigenvalue weighted by molar-refractivity contribution is -0.137. The molecule has 140 valence electrons. The summed E-state index contributed by atoms with van der Waals surface area (Å²) in [4.78, 5) is 25.2. The van der Waals surface area contributed by atoms with Gasteiger partial charge in [0.25, 0.3) is 0 Å². The highest BCUT2D eigenvalue weighted by atomic mass is 32.2. The van der Waals surface area contributed by atoms with E-state index in [0.29, 0.717) is 4.34 Å². The number of para-hydroxylation sites is 1. The molecule has 2 rings (SSSR count). The molecule has 0 saturated heterocycles. The minimum Gasteiger partial charge on any atom is -0.336 e. The van der Waals surface area contributed by atoms with E-state index >= 15 is 0 Å². The molecule has 11 heteroatoms. The van der Waals surface area contributed by atoms with Crippen molar-refractivity contribution >= 4 is 40.6 Å². The summed E-state index contributed by atoms with van der Waals surface area (Å²) in [5.74, 6) is -1.01. The molecule has 0 bridgehead atoms. The van der Waals surface area contributed by atoms with Crippen molar-refractivity contribution in [1.82, 2.24) is 15.1 Å². The molecule has 26 heavy (non-hydrogen) atoms. The van der Waals surface area contributed by atoms with E-state index in [2.05, 4.69) is 15.5 Å². The molecule has 0 atom stereocenters. The molecule has 2 amide bonds. The van der Waals surface area contributed by atoms with Crippen LogP contribution in [0.3, 0.4) is 0 Å². The molecular weight excluding hydrogens is 389 g/mol. The lowest BCUT2D eigenvalue weighted by atomic mass is 10.1. The van der Waals surface area contributed by atoms with Gasteiger partial charge in [-0.2, -0.15) is 13.2 Å². The van der Waals surface area contributed by atoms with Crippen LogP contribution in [-0.2, 0) is 15.8 Å². The molecule has 6 nitrogen and oxygen atoms in total. The van der Waals surface area contributed by atoms with Crippen LogP contribution < -0.4 is 5.32 Å². The second-order valence-electron chi connectivity index (χ2n) is 5.22. The van der Waals surface area contributed by atoms with Crippen LogP contribution in [0.1, 0.15) is 10.6 Å². The average molecular weight is 404 g/mol. The molecular formula is C15H15F3N4O2S2. The molecule has 0 saturated carbocycles. The van der Waals surface area contributed by atoms with E-state index in [1.807, 2.05) is 0 Å². The van der Waals surface area contributed by atoms with Crippen LogP contribution in [0, 0.1) is 6.92 Å². The molecule has 0 fully saturated rings. The Balaban J connectivity index is 1.90. The van der Waals surface area contributed by atoms with E-state index in [9.17, 15) is 22.8 Å². The van der Waals surface area contributed by atoms with E-state index < -0.39 is 17.6 Å². The smallest absolute Gasteiger partial charge is 0.336 e. The van der Waals surface area contributed by atoms with E-state index in [-0.39, 0.29) is 23.9 Å². The van der Waals surface area contributed by atoms with Crippen molar-refractivity contribution in [3.8, 4) is 0 Å². The molecule has 0 spiro atoms. The van der Waals surface area contributed by atoms with Gasteiger partial charge in [0, 0.05) is 7.05 Å². The van der Waals surface area contributed by atoms with Gasteiger partial charge in [-0.15, -0.1) is 10.2 Å². The predicted octanol–water partition coefficient (Wildman–Crippen LogP) is 3.05. The lowest BCUT2D eigenvalue weighted by Crippen LogP contribution is -2.36. The summed E-state index contributed by atoms with van der Waals surface area (Å²) in [5, 5.41) is 10.7. The molecule has 0 aliphatic carbocycles. The van der Waals surface area contributed by atoms with Crippen LogP contribution in [0.15, 0.2) is 28.6 Å². The van der Waals surface area contributed by atoms with Gasteiger partial charge >= 0.3 is 6.18 Å². The van der Waals surface area contributed by atoms with Crippen LogP contribution in [-0.4, -0.2) is 46.3 Å². The minimum atomic E-state index is -4.58. The number of carbonyl (C=O) groups excluding carboxylic acids is 2. The third-order valence-corrected chi connectivity index (χ3v) is 5.10. The zero-order valence-corrected chi connectivity index (χ0v) is 15.5. The molecule has 1 N–H and O–H groups in total. The fourth-order valence-corrected chi connectivity index (χ4v) is 3.66. The summed E-state index contributed by atoms with van der Waals surface area (Å²) in [6.45, 7) is 1.43. The molecule has 0 unspecified atom stereocenters. The van der Waals surface area contributed by atoms with E-state index in [4.69, 9.17) is 0 Å². The number of halogens is 3. The SMILES string of the molecule is Cc1nnc(SCC(=O)N(C)CC(=O)Nc2ccccc2C(F)(F)F)s1. The third-order valence-electron chi connectivity index (χ3n) is 3.14. The minimum absolute atomic E-state index is 0.0531. The first-order valence-electron chi connectivity index (χ1n) is 7.29. The number of alkyl halides is 3. The van der Waals surface area contributed by atoms with Gasteiger partial charge in [0.15, 0.2) is 4.34 Å². The van der Waals surface area contributed by atoms with Gasteiger partial charge in [0.2, 0.25) is 11.8 Å². The van der Waals surface area contributed by atoms with Crippen molar-refractivity contribution in [3.05, 3.63) is 34.8 Å². The molecule has 1 aromatic heterocycles. The summed E-state index contributed by atoms with van der Waals surface area (Å²) in [6, 6.07) is 4.67. The molecule has 0 radical (unpaired) electrons. The number of nitrogens with zero attached hydrogens (tertiary/aromatic N) is 3. The molecule has 0 aliphatic heterocycles. The Morgan fingerprint density at radius 2 is 1.96 bits per heavy atom. The number of rotatable bonds is 6. The summed E-state index contributed by atoms with van der Waals surface area (Å²) in [5.41, 5.74) is -1.28. The Morgan fingerprint density at radius 3 is 2.58 bits per heavy atom. The Kier molecular flexibility index (Phi) is 6.59. The number of aromatic nitrogens is 2. The van der Waals surface area contributed by atoms with E-state index in [0.717, 1.165) is 22.0 Å². The van der Waals surface area contributed by atoms with Crippen LogP contribution in [0.4, 0.5) is 18.9 Å². The van der Waals surface area contributed by atoms with Crippen LogP contribution in [0.5, 0.6) is 0 Å². The maximum Gasteiger partial charge on any atom is 0.418 e. The Labute approximate surface area is 155 Å². The second kappa shape index (κ2) is 8.49. The van der Waals surface area contributed by atoms with Crippen molar-refractivity contribution in [2.45, 2.75) is 17.4 Å². The van der Waals surface area contributed by atoms with Gasteiger partial charge in [-0.3, -0.25) is 9.59 Å². The number of thioether (sulfide) groups is 1. The van der Waals surface area contributed by atoms with Gasteiger partial charge in [-0.05, 0) is 19.1 Å². The number of amides is 2. The summed E-state index contributed by atoms with van der Waals surface area (Å²) in [6.07, 6.45) is -4.58. The largest absolute Gasteiger partial charge is 0.418 e. The second-order valence-corrected chi connectivity index (χ2v) is 7.62. The number of carbonyl (C=O) groups is 2. The number of anilines is 1. The summed E-state index contributed by atoms with van der Waals surface area (Å²) < 4.78 is 39.4. The first kappa shape index (κ1) is 20.2. The van der Waals surface area contributed by atoms with Gasteiger partial charge in [0.1, 0.15) is 5.01 Å². The number of benzene rings is 1. The van der Waals surface area contributed by atoms with Crippen molar-refractivity contribution in [1.29, 1.82) is 0 Å². The maximum atomic E-state index is 12.9. The fourth-order valence-electron chi connectivity index (χ4n) is 1.90. The number of nitrogens with one attached hydrogen (secondary N) is 1. The summed E-state index contributed by atoms with van der Waals surface area (Å²) >= 11 is 2.53. The molecule has 1 aromatic carbocycles. The van der Waals surface area contributed by atoms with Crippen LogP contribution in [0.2, 0.25) is 0 Å². The maximum absolute atomic E-state index is 12.9. The Bertz CT molecular complexity index is 795. The molecule has 0 aliphatic rings. The quantitative estimate of drug-likeness (QED) is 0.749. The van der Waals surface area contributed by atoms with Gasteiger partial charge in [0.05, 0.1) is 23.5 Å². The zero-order chi connectivity index (χ0) is 19.3. The number of aryl methyl sites for hydroxylation is 1. The number of likely N-dealkylation sites (N-methyl/N-ethyl adjacent to an activating group) is 1. The molecule has 2 aromatic rings. The highest BCUT2D eigenvalue weighted by Gasteiger charge is 2.33. The Morgan fingerprint density at radius 1 is 1.27 bits per heavy atom. The van der Waals surface area contributed by atoms with Gasteiger partial charge in [-0.1, -0.05) is 35.2 Å². The van der Waals surface area contributed by atoms with Crippen molar-refractivity contribution < 1.29 is 22.8 Å². The number of hydrogen-bond donors (Lipinski definition) is 1. The van der Waals surface area contributed by atoms with Crippen molar-refractivity contribution in [3.63, 3.8) is 0 Å². The average Bonchev–Trinajstić information content (AvgIpc) is 2.97. The van der Waals surface area contributed by atoms with Crippen molar-refractivity contribution in [2.75, 3.05) is 24.7 Å². The Hall–Kier alpha value is -2.14. The van der Waals surface area contributed by atoms with E-state index in [1.165, 1.54) is 42.3 Å². The predicted molar refractivity (Wildman–Crippen MR) is 93.1 cm³/mol. The van der Waals surface area contributed by atoms with Gasteiger partial charge < -0.3 is 10.2 Å². The number of hydrogen-bond acceptors (Lipinski definition) is 6. The standard InChI is InChI=1S/C15H15F3N4O2S2/c1-9-20-21-14(26-9)25-8-13(24)22(2)7-12(23)19-11-6-4-3-5-10(11)15(16,17)18/h3-6H,7-8H2,1-2H3,(H,19,23). The van der Waals surface area contributed by atoms with Crippen LogP contribution in [0.25, 0.3) is 0 Å². The zero-order valence-electron chi connectivity index (χ0n) is 13.8. The first-order chi connectivity index (χ1) is 12.2. The lowest BCUT2D eigenvalue weighted by Gasteiger charge is -2.18. The highest BCUT2D eigenvalue weighted by Crippen LogP contribution is 2.34. The fraction of sp³-hybridized carbons (Fsp3) is 0.333. The van der Waals surface area contributed by atoms with Crippen LogP contribution >= 0.6 is 23.1 Å². The highest BCUT2D eigenvalue weighted by molar-refractivity contribution is 8.01. The third kappa shape index (κ3) is 5.70. The van der Waals surface area contributed by atoms with Gasteiger partial charge in [-0.25, -0.2) is 0 Å². The first-order valence-corrected chi connectivity index (χ1v) is 9.10. The van der Waals surface area contributed by atoms with Crippen molar-refractivity contribution in [2.24, 2.45) is 0 Å². The normalized spacial score (nSPS) is 11.3. The topological polar surface area (TPSA) is 75.2 Å². The molecule has 1 heterocycles. The van der Waals surface area contributed by atoms with E-state index in [1.54, 1.807) is 6.92 Å².